The molecule has 1 aromatic rings. The quantitative estimate of drug-likeness (QED) is 0.247. The Morgan fingerprint density at radius 1 is 1.38 bits per heavy atom. The van der Waals surface area contributed by atoms with E-state index in [0.29, 0.717) is 27.0 Å². The number of carbonyl (C=O) groups is 2. The maximum atomic E-state index is 12.8. The van der Waals surface area contributed by atoms with Crippen LogP contribution in [-0.4, -0.2) is 57.0 Å². The van der Waals surface area contributed by atoms with Crippen LogP contribution in [0.3, 0.4) is 0 Å². The number of rotatable bonds is 6. The Hall–Kier alpha value is -1.04. The lowest BCUT2D eigenvalue weighted by Crippen LogP contribution is -2.47. The molecule has 2 heterocycles. The van der Waals surface area contributed by atoms with Gasteiger partial charge in [-0.1, -0.05) is 77.8 Å². The van der Waals surface area contributed by atoms with E-state index in [1.807, 2.05) is 0 Å². The maximum absolute atomic E-state index is 12.8. The number of hydrogen-bond donors (Lipinski definition) is 1. The topological polar surface area (TPSA) is 92.8 Å². The van der Waals surface area contributed by atoms with Gasteiger partial charge in [-0.15, -0.1) is 0 Å². The van der Waals surface area contributed by atoms with Crippen LogP contribution in [0, 0.1) is 0 Å². The Kier molecular flexibility index (Phi) is 8.05. The molecule has 2 aliphatic heterocycles. The van der Waals surface area contributed by atoms with Crippen molar-refractivity contribution in [1.29, 1.82) is 0 Å². The Morgan fingerprint density at radius 2 is 2.03 bits per heavy atom. The minimum atomic E-state index is -3.14. The van der Waals surface area contributed by atoms with E-state index in [9.17, 15) is 18.0 Å². The SMILES string of the molecule is CCC(=O)N[C@H](Oc1ccc(/C=C2\SC(=S)N([C@H]3CCS(=O)(=O)C3)C2=O)cc1)C(Cl)(Cl)Cl. The first-order valence-electron chi connectivity index (χ1n) is 9.50. The summed E-state index contributed by atoms with van der Waals surface area (Å²) >= 11 is 24.1. The summed E-state index contributed by atoms with van der Waals surface area (Å²) in [5.74, 6) is -0.310. The number of carbonyl (C=O) groups excluding carboxylic acids is 2. The molecule has 2 atom stereocenters. The van der Waals surface area contributed by atoms with Crippen LogP contribution in [0.2, 0.25) is 0 Å². The summed E-state index contributed by atoms with van der Waals surface area (Å²) in [6.07, 6.45) is 1.06. The molecule has 0 radical (unpaired) electrons. The first-order valence-corrected chi connectivity index (χ1v) is 13.7. The fraction of sp³-hybridized carbons (Fsp3) is 0.421. The van der Waals surface area contributed by atoms with Crippen molar-refractivity contribution in [2.24, 2.45) is 0 Å². The molecule has 0 bridgehead atoms. The van der Waals surface area contributed by atoms with Crippen molar-refractivity contribution in [3.63, 3.8) is 0 Å². The minimum absolute atomic E-state index is 0.0587. The summed E-state index contributed by atoms with van der Waals surface area (Å²) < 4.78 is 27.6. The fourth-order valence-electron chi connectivity index (χ4n) is 3.13. The van der Waals surface area contributed by atoms with Crippen LogP contribution in [0.5, 0.6) is 5.75 Å². The van der Waals surface area contributed by atoms with E-state index in [2.05, 4.69) is 5.32 Å². The lowest BCUT2D eigenvalue weighted by Gasteiger charge is -2.26. The van der Waals surface area contributed by atoms with Gasteiger partial charge in [0.15, 0.2) is 9.84 Å². The van der Waals surface area contributed by atoms with Gasteiger partial charge in [-0.25, -0.2) is 8.42 Å². The van der Waals surface area contributed by atoms with Crippen LogP contribution in [0.25, 0.3) is 6.08 Å². The Labute approximate surface area is 210 Å². The van der Waals surface area contributed by atoms with Gasteiger partial charge < -0.3 is 10.1 Å². The number of alkyl halides is 3. The van der Waals surface area contributed by atoms with Gasteiger partial charge in [0.2, 0.25) is 15.9 Å². The standard InChI is InChI=1S/C19H19Cl3N2O5S3/c1-2-15(25)23-17(19(20,21)22)29-13-5-3-11(4-6-13)9-14-16(26)24(18(30)31-14)12-7-8-32(27,28)10-12/h3-6,9,12,17H,2,7-8,10H2,1H3,(H,23,25)/b14-9-/t12-,17+/m0/s1. The molecule has 0 aromatic heterocycles. The molecule has 0 aliphatic carbocycles. The van der Waals surface area contributed by atoms with Gasteiger partial charge in [0.05, 0.1) is 22.5 Å². The number of halogens is 3. The Bertz CT molecular complexity index is 1050. The van der Waals surface area contributed by atoms with Crippen LogP contribution in [0.4, 0.5) is 0 Å². The summed E-state index contributed by atoms with van der Waals surface area (Å²) in [7, 11) is -3.14. The molecule has 2 amide bonds. The predicted octanol–water partition coefficient (Wildman–Crippen LogP) is 3.68. The van der Waals surface area contributed by atoms with Crippen molar-refractivity contribution < 1.29 is 22.7 Å². The molecule has 1 N–H and O–H groups in total. The van der Waals surface area contributed by atoms with E-state index >= 15 is 0 Å². The number of hydrogen-bond acceptors (Lipinski definition) is 7. The lowest BCUT2D eigenvalue weighted by molar-refractivity contribution is -0.124. The second-order valence-electron chi connectivity index (χ2n) is 7.14. The highest BCUT2D eigenvalue weighted by Gasteiger charge is 2.42. The molecule has 0 saturated carbocycles. The van der Waals surface area contributed by atoms with Crippen molar-refractivity contribution in [2.45, 2.75) is 35.8 Å². The van der Waals surface area contributed by atoms with E-state index in [-0.39, 0.29) is 29.7 Å². The van der Waals surface area contributed by atoms with E-state index in [0.717, 1.165) is 11.8 Å². The summed E-state index contributed by atoms with van der Waals surface area (Å²) in [6.45, 7) is 1.66. The number of amides is 2. The molecule has 0 spiro atoms. The number of nitrogens with zero attached hydrogens (tertiary/aromatic N) is 1. The predicted molar refractivity (Wildman–Crippen MR) is 132 cm³/mol. The molecule has 1 aromatic carbocycles. The molecule has 0 unspecified atom stereocenters. The third-order valence-corrected chi connectivity index (χ3v) is 8.41. The zero-order valence-electron chi connectivity index (χ0n) is 16.7. The van der Waals surface area contributed by atoms with Crippen molar-refractivity contribution in [3.05, 3.63) is 34.7 Å². The van der Waals surface area contributed by atoms with Crippen LogP contribution in [-0.2, 0) is 19.4 Å². The number of thiocarbonyl (C=S) groups is 1. The highest BCUT2D eigenvalue weighted by atomic mass is 35.6. The highest BCUT2D eigenvalue weighted by molar-refractivity contribution is 8.26. The summed E-state index contributed by atoms with van der Waals surface area (Å²) in [5, 5.41) is 2.50. The van der Waals surface area contributed by atoms with Gasteiger partial charge >= 0.3 is 0 Å². The molecular formula is C19H19Cl3N2O5S3. The van der Waals surface area contributed by atoms with Crippen molar-refractivity contribution in [1.82, 2.24) is 10.2 Å². The van der Waals surface area contributed by atoms with E-state index in [1.165, 1.54) is 4.90 Å². The van der Waals surface area contributed by atoms with E-state index in [1.54, 1.807) is 37.3 Å². The van der Waals surface area contributed by atoms with Crippen molar-refractivity contribution >= 4 is 90.8 Å². The molecular weight excluding hydrogens is 539 g/mol. The van der Waals surface area contributed by atoms with Crippen LogP contribution < -0.4 is 10.1 Å². The summed E-state index contributed by atoms with van der Waals surface area (Å²) in [4.78, 5) is 26.3. The molecule has 2 aliphatic rings. The van der Waals surface area contributed by atoms with Gasteiger partial charge in [-0.05, 0) is 30.2 Å². The first-order chi connectivity index (χ1) is 14.9. The van der Waals surface area contributed by atoms with E-state index < -0.39 is 25.9 Å². The monoisotopic (exact) mass is 556 g/mol. The average molecular weight is 558 g/mol. The van der Waals surface area contributed by atoms with Gasteiger partial charge in [0.25, 0.3) is 5.91 Å². The Balaban J connectivity index is 1.71. The fourth-order valence-corrected chi connectivity index (χ4v) is 6.53. The van der Waals surface area contributed by atoms with E-state index in [4.69, 9.17) is 51.8 Å². The lowest BCUT2D eigenvalue weighted by atomic mass is 10.2. The molecule has 174 valence electrons. The second-order valence-corrected chi connectivity index (χ2v) is 13.4. The average Bonchev–Trinajstić information content (AvgIpc) is 3.19. The zero-order chi connectivity index (χ0) is 23.7. The smallest absolute Gasteiger partial charge is 0.266 e. The number of sulfone groups is 1. The molecule has 32 heavy (non-hydrogen) atoms. The Morgan fingerprint density at radius 3 is 2.56 bits per heavy atom. The highest BCUT2D eigenvalue weighted by Crippen LogP contribution is 2.37. The number of ether oxygens (including phenoxy) is 1. The van der Waals surface area contributed by atoms with Gasteiger partial charge in [0, 0.05) is 6.42 Å². The third kappa shape index (κ3) is 6.30. The molecule has 7 nitrogen and oxygen atoms in total. The zero-order valence-corrected chi connectivity index (χ0v) is 21.4. The normalized spacial score (nSPS) is 22.9. The van der Waals surface area contributed by atoms with Gasteiger partial charge in [0.1, 0.15) is 10.1 Å². The van der Waals surface area contributed by atoms with Crippen LogP contribution >= 0.6 is 58.8 Å². The summed E-state index contributed by atoms with van der Waals surface area (Å²) in [6, 6.07) is 6.18. The second kappa shape index (κ2) is 10.1. The minimum Gasteiger partial charge on any atom is -0.466 e. The summed E-state index contributed by atoms with van der Waals surface area (Å²) in [5.41, 5.74) is 0.694. The van der Waals surface area contributed by atoms with Crippen molar-refractivity contribution in [3.8, 4) is 5.75 Å². The van der Waals surface area contributed by atoms with Crippen LogP contribution in [0.1, 0.15) is 25.3 Å². The van der Waals surface area contributed by atoms with Crippen LogP contribution in [0.15, 0.2) is 29.2 Å². The number of thioether (sulfide) groups is 1. The van der Waals surface area contributed by atoms with Gasteiger partial charge in [-0.2, -0.15) is 0 Å². The molecule has 2 saturated heterocycles. The maximum Gasteiger partial charge on any atom is 0.266 e. The van der Waals surface area contributed by atoms with Gasteiger partial charge in [-0.3, -0.25) is 14.5 Å². The molecule has 3 rings (SSSR count). The molecule has 13 heteroatoms. The number of benzene rings is 1. The molecule has 2 fully saturated rings. The third-order valence-electron chi connectivity index (χ3n) is 4.74. The largest absolute Gasteiger partial charge is 0.466 e. The first kappa shape index (κ1) is 25.6. The van der Waals surface area contributed by atoms with Crippen molar-refractivity contribution in [2.75, 3.05) is 11.5 Å². The number of nitrogens with one attached hydrogen (secondary N) is 1.